The Kier molecular flexibility index (Phi) is 6.25. The molecule has 2 atom stereocenters. The van der Waals surface area contributed by atoms with E-state index in [4.69, 9.17) is 0 Å². The summed E-state index contributed by atoms with van der Waals surface area (Å²) in [7, 11) is -1.29. The highest BCUT2D eigenvalue weighted by Crippen LogP contribution is 2.41. The molecule has 1 aromatic rings. The number of nitrogens with zero attached hydrogens (tertiary/aromatic N) is 2. The minimum absolute atomic E-state index is 0.174. The fraction of sp³-hybridized carbons (Fsp3) is 0.611. The molecule has 1 aliphatic carbocycles. The first-order valence-electron chi connectivity index (χ1n) is 9.16. The molecule has 1 heterocycles. The number of benzene rings is 1. The van der Waals surface area contributed by atoms with Gasteiger partial charge in [0, 0.05) is 42.6 Å². The number of aliphatic imine (C=N–C) groups is 1. The first-order chi connectivity index (χ1) is 12.4. The average Bonchev–Trinajstić information content (AvgIpc) is 3.41. The third kappa shape index (κ3) is 4.78. The summed E-state index contributed by atoms with van der Waals surface area (Å²) in [5.74, 6) is 1.51. The summed E-state index contributed by atoms with van der Waals surface area (Å²) in [6.07, 6.45) is 2.72. The number of hydrogen-bond donors (Lipinski definition) is 2. The van der Waals surface area contributed by atoms with Gasteiger partial charge in [0.1, 0.15) is 0 Å². The fourth-order valence-corrected chi connectivity index (χ4v) is 4.83. The van der Waals surface area contributed by atoms with Gasteiger partial charge in [0.25, 0.3) is 0 Å². The molecule has 2 unspecified atom stereocenters. The lowest BCUT2D eigenvalue weighted by molar-refractivity contribution is 0.306. The van der Waals surface area contributed by atoms with Gasteiger partial charge < -0.3 is 10.6 Å². The number of piperidine rings is 1. The summed E-state index contributed by atoms with van der Waals surface area (Å²) in [4.78, 5) is 4.34. The van der Waals surface area contributed by atoms with Gasteiger partial charge in [-0.3, -0.25) is 4.99 Å². The summed E-state index contributed by atoms with van der Waals surface area (Å²) in [5.41, 5.74) is 1.35. The van der Waals surface area contributed by atoms with Crippen molar-refractivity contribution in [1.29, 1.82) is 0 Å². The monoisotopic (exact) mass is 442 g/mol. The summed E-state index contributed by atoms with van der Waals surface area (Å²) >= 11 is 3.47. The summed E-state index contributed by atoms with van der Waals surface area (Å²) in [5, 5.41) is 6.96. The zero-order valence-electron chi connectivity index (χ0n) is 15.3. The Labute approximate surface area is 164 Å². The van der Waals surface area contributed by atoms with Crippen LogP contribution in [0, 0.1) is 0 Å². The quantitative estimate of drug-likeness (QED) is 0.541. The van der Waals surface area contributed by atoms with Gasteiger partial charge >= 0.3 is 0 Å². The third-order valence-electron chi connectivity index (χ3n) is 5.19. The average molecular weight is 443 g/mol. The predicted molar refractivity (Wildman–Crippen MR) is 109 cm³/mol. The lowest BCUT2D eigenvalue weighted by Crippen LogP contribution is -2.50. The lowest BCUT2D eigenvalue weighted by Gasteiger charge is -2.32. The van der Waals surface area contributed by atoms with Gasteiger partial charge in [0.05, 0.1) is 5.75 Å². The van der Waals surface area contributed by atoms with Crippen LogP contribution in [-0.2, 0) is 10.0 Å². The van der Waals surface area contributed by atoms with Crippen LogP contribution in [0.5, 0.6) is 0 Å². The maximum absolute atomic E-state index is 12.0. The molecule has 144 valence electrons. The Bertz CT molecular complexity index is 743. The van der Waals surface area contributed by atoms with Crippen molar-refractivity contribution in [3.63, 3.8) is 0 Å². The number of hydrogen-bond acceptors (Lipinski definition) is 3. The van der Waals surface area contributed by atoms with Crippen LogP contribution in [0.4, 0.5) is 0 Å². The molecule has 1 aliphatic heterocycles. The molecule has 6 nitrogen and oxygen atoms in total. The molecule has 3 rings (SSSR count). The maximum atomic E-state index is 12.0. The van der Waals surface area contributed by atoms with E-state index in [9.17, 15) is 8.42 Å². The Morgan fingerprint density at radius 2 is 1.88 bits per heavy atom. The van der Waals surface area contributed by atoms with E-state index in [2.05, 4.69) is 55.8 Å². The normalized spacial score (nSPS) is 25.1. The van der Waals surface area contributed by atoms with Crippen LogP contribution in [0.25, 0.3) is 0 Å². The first-order valence-corrected chi connectivity index (χ1v) is 11.6. The van der Waals surface area contributed by atoms with E-state index in [0.717, 1.165) is 29.7 Å². The van der Waals surface area contributed by atoms with Gasteiger partial charge in [0.15, 0.2) is 5.96 Å². The van der Waals surface area contributed by atoms with Crippen LogP contribution in [0.1, 0.15) is 37.7 Å². The van der Waals surface area contributed by atoms with Crippen molar-refractivity contribution >= 4 is 31.9 Å². The van der Waals surface area contributed by atoms with Crippen LogP contribution in [0.15, 0.2) is 33.7 Å². The molecule has 0 aromatic heterocycles. The number of rotatable bonds is 5. The molecular weight excluding hydrogens is 416 g/mol. The molecule has 0 radical (unpaired) electrons. The Hall–Kier alpha value is -1.12. The van der Waals surface area contributed by atoms with E-state index < -0.39 is 10.0 Å². The number of halogens is 1. The molecule has 2 N–H and O–H groups in total. The predicted octanol–water partition coefficient (Wildman–Crippen LogP) is 2.28. The molecule has 1 saturated carbocycles. The van der Waals surface area contributed by atoms with Gasteiger partial charge in [-0.2, -0.15) is 0 Å². The van der Waals surface area contributed by atoms with Crippen molar-refractivity contribution in [3.05, 3.63) is 34.3 Å². The van der Waals surface area contributed by atoms with E-state index in [1.165, 1.54) is 5.56 Å². The molecule has 0 amide bonds. The van der Waals surface area contributed by atoms with Crippen LogP contribution in [0.3, 0.4) is 0 Å². The Morgan fingerprint density at radius 1 is 1.23 bits per heavy atom. The fourth-order valence-electron chi connectivity index (χ4n) is 3.43. The molecule has 1 aromatic carbocycles. The highest BCUT2D eigenvalue weighted by molar-refractivity contribution is 9.10. The molecule has 0 spiro atoms. The SMILES string of the molecule is CCS(=O)(=O)N1CCC(NC(=NC)NC2CC2c2ccc(Br)cc2)CC1. The lowest BCUT2D eigenvalue weighted by atomic mass is 10.1. The van der Waals surface area contributed by atoms with Gasteiger partial charge in [-0.25, -0.2) is 12.7 Å². The van der Waals surface area contributed by atoms with Gasteiger partial charge in [-0.1, -0.05) is 28.1 Å². The number of nitrogens with one attached hydrogen (secondary N) is 2. The Morgan fingerprint density at radius 3 is 2.46 bits per heavy atom. The summed E-state index contributed by atoms with van der Waals surface area (Å²) in [6.45, 7) is 2.86. The van der Waals surface area contributed by atoms with Crippen molar-refractivity contribution in [2.75, 3.05) is 25.9 Å². The van der Waals surface area contributed by atoms with Crippen molar-refractivity contribution in [3.8, 4) is 0 Å². The molecule has 1 saturated heterocycles. The second kappa shape index (κ2) is 8.27. The van der Waals surface area contributed by atoms with Crippen molar-refractivity contribution in [2.24, 2.45) is 4.99 Å². The molecule has 0 bridgehead atoms. The molecule has 2 fully saturated rings. The smallest absolute Gasteiger partial charge is 0.213 e. The van der Waals surface area contributed by atoms with Crippen LogP contribution < -0.4 is 10.6 Å². The van der Waals surface area contributed by atoms with E-state index >= 15 is 0 Å². The number of sulfonamides is 1. The maximum Gasteiger partial charge on any atom is 0.213 e. The van der Waals surface area contributed by atoms with E-state index in [-0.39, 0.29) is 11.8 Å². The van der Waals surface area contributed by atoms with E-state index in [1.807, 2.05) is 0 Å². The first kappa shape index (κ1) is 19.6. The highest BCUT2D eigenvalue weighted by atomic mass is 79.9. The topological polar surface area (TPSA) is 73.8 Å². The second-order valence-corrected chi connectivity index (χ2v) is 10.1. The van der Waals surface area contributed by atoms with E-state index in [1.54, 1.807) is 18.3 Å². The molecule has 8 heteroatoms. The highest BCUT2D eigenvalue weighted by Gasteiger charge is 2.39. The minimum atomic E-state index is -3.07. The molecular formula is C18H27BrN4O2S. The zero-order chi connectivity index (χ0) is 18.7. The largest absolute Gasteiger partial charge is 0.354 e. The van der Waals surface area contributed by atoms with Crippen molar-refractivity contribution < 1.29 is 8.42 Å². The molecule has 2 aliphatic rings. The van der Waals surface area contributed by atoms with Gasteiger partial charge in [-0.05, 0) is 43.9 Å². The zero-order valence-corrected chi connectivity index (χ0v) is 17.7. The minimum Gasteiger partial charge on any atom is -0.354 e. The summed E-state index contributed by atoms with van der Waals surface area (Å²) < 4.78 is 26.6. The third-order valence-corrected chi connectivity index (χ3v) is 7.60. The number of guanidine groups is 1. The Balaban J connectivity index is 1.47. The van der Waals surface area contributed by atoms with E-state index in [0.29, 0.717) is 25.0 Å². The van der Waals surface area contributed by atoms with Crippen LogP contribution in [0.2, 0.25) is 0 Å². The second-order valence-electron chi connectivity index (χ2n) is 6.94. The summed E-state index contributed by atoms with van der Waals surface area (Å²) in [6, 6.07) is 9.15. The van der Waals surface area contributed by atoms with Crippen molar-refractivity contribution in [1.82, 2.24) is 14.9 Å². The van der Waals surface area contributed by atoms with Gasteiger partial charge in [0.2, 0.25) is 10.0 Å². The van der Waals surface area contributed by atoms with Crippen LogP contribution in [-0.4, -0.2) is 56.7 Å². The van der Waals surface area contributed by atoms with Gasteiger partial charge in [-0.15, -0.1) is 0 Å². The van der Waals surface area contributed by atoms with Crippen LogP contribution >= 0.6 is 15.9 Å². The molecule has 26 heavy (non-hydrogen) atoms. The van der Waals surface area contributed by atoms with Crippen molar-refractivity contribution in [2.45, 2.75) is 44.2 Å². The standard InChI is InChI=1S/C18H27BrN4O2S/c1-3-26(24,25)23-10-8-15(9-11-23)21-18(20-2)22-17-12-16(17)13-4-6-14(19)7-5-13/h4-7,15-17H,3,8-12H2,1-2H3,(H2,20,21,22).